The van der Waals surface area contributed by atoms with Gasteiger partial charge in [-0.05, 0) is 60.4 Å². The Kier molecular flexibility index (Phi) is 5.39. The molecule has 1 aliphatic rings. The van der Waals surface area contributed by atoms with Gasteiger partial charge in [-0.3, -0.25) is 9.59 Å². The van der Waals surface area contributed by atoms with Crippen LogP contribution in [0.4, 0.5) is 0 Å². The Balaban J connectivity index is 1.88. The highest BCUT2D eigenvalue weighted by Crippen LogP contribution is 2.25. The van der Waals surface area contributed by atoms with Gasteiger partial charge in [0.25, 0.3) is 5.91 Å². The quantitative estimate of drug-likeness (QED) is 0.641. The first-order valence-electron chi connectivity index (χ1n) is 6.75. The van der Waals surface area contributed by atoms with Gasteiger partial charge in [0.2, 0.25) is 0 Å². The van der Waals surface area contributed by atoms with Gasteiger partial charge in [-0.25, -0.2) is 0 Å². The van der Waals surface area contributed by atoms with Crippen LogP contribution in [0.2, 0.25) is 0 Å². The molecule has 1 aromatic rings. The van der Waals surface area contributed by atoms with Crippen molar-refractivity contribution in [2.24, 2.45) is 5.92 Å². The predicted molar refractivity (Wildman–Crippen MR) is 84.4 cm³/mol. The molecule has 1 aromatic carbocycles. The van der Waals surface area contributed by atoms with E-state index in [-0.39, 0.29) is 23.8 Å². The van der Waals surface area contributed by atoms with Crippen molar-refractivity contribution in [2.75, 3.05) is 7.11 Å². The van der Waals surface area contributed by atoms with E-state index in [0.29, 0.717) is 5.56 Å². The van der Waals surface area contributed by atoms with Gasteiger partial charge in [0.15, 0.2) is 0 Å². The molecule has 0 aromatic heterocycles. The van der Waals surface area contributed by atoms with E-state index in [1.54, 1.807) is 0 Å². The molecule has 2 rings (SSSR count). The summed E-state index contributed by atoms with van der Waals surface area (Å²) < 4.78 is 5.71. The molecule has 1 fully saturated rings. The van der Waals surface area contributed by atoms with Crippen molar-refractivity contribution in [2.45, 2.75) is 31.7 Å². The number of nitrogens with one attached hydrogen (secondary N) is 1. The van der Waals surface area contributed by atoms with Crippen LogP contribution in [0.5, 0.6) is 0 Å². The number of halogens is 1. The third-order valence-corrected chi connectivity index (χ3v) is 4.66. The molecule has 0 aliphatic heterocycles. The van der Waals surface area contributed by atoms with E-state index in [0.717, 1.165) is 29.3 Å². The number of ether oxygens (including phenoxy) is 1. The largest absolute Gasteiger partial charge is 0.469 e. The van der Waals surface area contributed by atoms with Gasteiger partial charge >= 0.3 is 5.97 Å². The number of carbonyl (C=O) groups is 2. The van der Waals surface area contributed by atoms with E-state index in [1.807, 2.05) is 24.3 Å². The fraction of sp³-hybridized carbons (Fsp3) is 0.467. The van der Waals surface area contributed by atoms with Crippen molar-refractivity contribution in [1.29, 1.82) is 0 Å². The number of rotatable bonds is 3. The number of benzene rings is 1. The average Bonchev–Trinajstić information content (AvgIpc) is 2.47. The molecule has 0 heterocycles. The SMILES string of the molecule is COC(=O)C1CCC(NC(=O)c2ccccc2I)CC1. The molecule has 1 aliphatic carbocycles. The molecule has 1 saturated carbocycles. The van der Waals surface area contributed by atoms with E-state index in [2.05, 4.69) is 27.9 Å². The molecule has 108 valence electrons. The molecule has 0 atom stereocenters. The topological polar surface area (TPSA) is 55.4 Å². The number of methoxy groups -OCH3 is 1. The highest BCUT2D eigenvalue weighted by Gasteiger charge is 2.27. The summed E-state index contributed by atoms with van der Waals surface area (Å²) in [5.74, 6) is -0.172. The summed E-state index contributed by atoms with van der Waals surface area (Å²) in [7, 11) is 1.42. The van der Waals surface area contributed by atoms with Gasteiger partial charge < -0.3 is 10.1 Å². The zero-order valence-electron chi connectivity index (χ0n) is 11.4. The monoisotopic (exact) mass is 387 g/mol. The molecule has 0 radical (unpaired) electrons. The third-order valence-electron chi connectivity index (χ3n) is 3.72. The second kappa shape index (κ2) is 7.06. The lowest BCUT2D eigenvalue weighted by Crippen LogP contribution is -2.39. The number of amides is 1. The summed E-state index contributed by atoms with van der Waals surface area (Å²) in [6.45, 7) is 0. The van der Waals surface area contributed by atoms with Crippen LogP contribution in [0.3, 0.4) is 0 Å². The molecule has 0 saturated heterocycles. The third kappa shape index (κ3) is 3.71. The second-order valence-electron chi connectivity index (χ2n) is 5.03. The standard InChI is InChI=1S/C15H18INO3/c1-20-15(19)10-6-8-11(9-7-10)17-14(18)12-4-2-3-5-13(12)16/h2-5,10-11H,6-9H2,1H3,(H,17,18). The van der Waals surface area contributed by atoms with Crippen molar-refractivity contribution in [3.05, 3.63) is 33.4 Å². The van der Waals surface area contributed by atoms with Gasteiger partial charge in [-0.15, -0.1) is 0 Å². The Morgan fingerprint density at radius 1 is 1.20 bits per heavy atom. The molecular weight excluding hydrogens is 369 g/mol. The molecule has 4 nitrogen and oxygen atoms in total. The summed E-state index contributed by atoms with van der Waals surface area (Å²) in [4.78, 5) is 23.6. The van der Waals surface area contributed by atoms with E-state index >= 15 is 0 Å². The normalized spacial score (nSPS) is 22.1. The number of carbonyl (C=O) groups excluding carboxylic acids is 2. The Labute approximate surface area is 132 Å². The van der Waals surface area contributed by atoms with Gasteiger partial charge in [-0.2, -0.15) is 0 Å². The maximum absolute atomic E-state index is 12.2. The summed E-state index contributed by atoms with van der Waals surface area (Å²) >= 11 is 2.16. The fourth-order valence-corrected chi connectivity index (χ4v) is 3.18. The van der Waals surface area contributed by atoms with Crippen molar-refractivity contribution < 1.29 is 14.3 Å². The number of hydrogen-bond acceptors (Lipinski definition) is 3. The maximum atomic E-state index is 12.2. The van der Waals surface area contributed by atoms with Crippen LogP contribution in [-0.4, -0.2) is 25.0 Å². The second-order valence-corrected chi connectivity index (χ2v) is 6.19. The molecule has 0 bridgehead atoms. The van der Waals surface area contributed by atoms with Gasteiger partial charge in [0, 0.05) is 9.61 Å². The minimum absolute atomic E-state index is 0.00925. The fourth-order valence-electron chi connectivity index (χ4n) is 2.55. The zero-order chi connectivity index (χ0) is 14.5. The Morgan fingerprint density at radius 3 is 2.45 bits per heavy atom. The lowest BCUT2D eigenvalue weighted by Gasteiger charge is -2.27. The van der Waals surface area contributed by atoms with Crippen molar-refractivity contribution in [3.63, 3.8) is 0 Å². The van der Waals surface area contributed by atoms with Crippen molar-refractivity contribution in [3.8, 4) is 0 Å². The first kappa shape index (κ1) is 15.3. The van der Waals surface area contributed by atoms with E-state index in [4.69, 9.17) is 4.74 Å². The highest BCUT2D eigenvalue weighted by atomic mass is 127. The molecule has 0 unspecified atom stereocenters. The van der Waals surface area contributed by atoms with Crippen LogP contribution >= 0.6 is 22.6 Å². The summed E-state index contributed by atoms with van der Waals surface area (Å²) in [6.07, 6.45) is 3.22. The van der Waals surface area contributed by atoms with Crippen LogP contribution in [0.1, 0.15) is 36.0 Å². The first-order chi connectivity index (χ1) is 9.61. The first-order valence-corrected chi connectivity index (χ1v) is 7.83. The van der Waals surface area contributed by atoms with Gasteiger partial charge in [0.05, 0.1) is 18.6 Å². The Morgan fingerprint density at radius 2 is 1.85 bits per heavy atom. The van der Waals surface area contributed by atoms with E-state index < -0.39 is 0 Å². The molecule has 5 heteroatoms. The Hall–Kier alpha value is -1.11. The molecule has 1 N–H and O–H groups in total. The average molecular weight is 387 g/mol. The number of hydrogen-bond donors (Lipinski definition) is 1. The minimum atomic E-state index is -0.132. The predicted octanol–water partition coefficient (Wildman–Crippen LogP) is 2.75. The van der Waals surface area contributed by atoms with Gasteiger partial charge in [-0.1, -0.05) is 12.1 Å². The smallest absolute Gasteiger partial charge is 0.308 e. The van der Waals surface area contributed by atoms with Crippen LogP contribution in [0.15, 0.2) is 24.3 Å². The molecule has 1 amide bonds. The number of esters is 1. The lowest BCUT2D eigenvalue weighted by atomic mass is 9.86. The van der Waals surface area contributed by atoms with Crippen molar-refractivity contribution in [1.82, 2.24) is 5.32 Å². The molecular formula is C15H18INO3. The van der Waals surface area contributed by atoms with E-state index in [9.17, 15) is 9.59 Å². The van der Waals surface area contributed by atoms with Crippen LogP contribution in [0, 0.1) is 9.49 Å². The van der Waals surface area contributed by atoms with Crippen molar-refractivity contribution >= 4 is 34.5 Å². The lowest BCUT2D eigenvalue weighted by molar-refractivity contribution is -0.146. The van der Waals surface area contributed by atoms with E-state index in [1.165, 1.54) is 7.11 Å². The molecule has 0 spiro atoms. The summed E-state index contributed by atoms with van der Waals surface area (Å²) in [5.41, 5.74) is 0.711. The Bertz CT molecular complexity index is 496. The summed E-state index contributed by atoms with van der Waals surface area (Å²) in [5, 5.41) is 3.06. The minimum Gasteiger partial charge on any atom is -0.469 e. The van der Waals surface area contributed by atoms with Crippen LogP contribution < -0.4 is 5.32 Å². The molecule has 20 heavy (non-hydrogen) atoms. The maximum Gasteiger partial charge on any atom is 0.308 e. The van der Waals surface area contributed by atoms with Crippen LogP contribution in [0.25, 0.3) is 0 Å². The van der Waals surface area contributed by atoms with Gasteiger partial charge in [0.1, 0.15) is 0 Å². The van der Waals surface area contributed by atoms with Crippen LogP contribution in [-0.2, 0) is 9.53 Å². The zero-order valence-corrected chi connectivity index (χ0v) is 13.6. The summed E-state index contributed by atoms with van der Waals surface area (Å²) in [6, 6.07) is 7.69. The highest BCUT2D eigenvalue weighted by molar-refractivity contribution is 14.1.